The molecular weight excluding hydrogens is 256 g/mol. The lowest BCUT2D eigenvalue weighted by atomic mass is 10.3. The molecule has 0 saturated carbocycles. The third kappa shape index (κ3) is 3.06. The first-order valence-corrected chi connectivity index (χ1v) is 5.43. The number of halogens is 2. The van der Waals surface area contributed by atoms with Gasteiger partial charge in [0.05, 0.1) is 0 Å². The standard InChI is InChI=1S/C12H11F2N3O2/c1-15-12(18)10-4-5-17(16-10)7-19-11-3-2-8(13)6-9(11)14/h2-6H,7H2,1H3,(H,15,18). The Kier molecular flexibility index (Phi) is 3.74. The van der Waals surface area contributed by atoms with Crippen molar-refractivity contribution in [1.82, 2.24) is 15.1 Å². The Bertz CT molecular complexity index is 598. The van der Waals surface area contributed by atoms with Gasteiger partial charge < -0.3 is 10.1 Å². The average Bonchev–Trinajstić information content (AvgIpc) is 2.85. The molecule has 0 radical (unpaired) electrons. The van der Waals surface area contributed by atoms with E-state index in [-0.39, 0.29) is 24.1 Å². The van der Waals surface area contributed by atoms with Gasteiger partial charge >= 0.3 is 0 Å². The summed E-state index contributed by atoms with van der Waals surface area (Å²) in [5.74, 6) is -1.88. The Morgan fingerprint density at radius 3 is 2.89 bits per heavy atom. The van der Waals surface area contributed by atoms with Gasteiger partial charge in [-0.25, -0.2) is 13.5 Å². The number of nitrogens with zero attached hydrogens (tertiary/aromatic N) is 2. The first-order valence-electron chi connectivity index (χ1n) is 5.43. The average molecular weight is 267 g/mol. The van der Waals surface area contributed by atoms with Gasteiger partial charge in [0, 0.05) is 19.3 Å². The number of benzene rings is 1. The highest BCUT2D eigenvalue weighted by atomic mass is 19.1. The summed E-state index contributed by atoms with van der Waals surface area (Å²) in [6, 6.07) is 4.52. The van der Waals surface area contributed by atoms with E-state index in [0.29, 0.717) is 0 Å². The van der Waals surface area contributed by atoms with Crippen molar-refractivity contribution in [2.24, 2.45) is 0 Å². The van der Waals surface area contributed by atoms with Crippen molar-refractivity contribution in [3.05, 3.63) is 47.8 Å². The molecule has 1 aromatic heterocycles. The van der Waals surface area contributed by atoms with Crippen LogP contribution in [0.3, 0.4) is 0 Å². The lowest BCUT2D eigenvalue weighted by Crippen LogP contribution is -2.19. The maximum Gasteiger partial charge on any atom is 0.271 e. The van der Waals surface area contributed by atoms with E-state index in [1.54, 1.807) is 0 Å². The van der Waals surface area contributed by atoms with Crippen LogP contribution in [0.5, 0.6) is 5.75 Å². The van der Waals surface area contributed by atoms with Gasteiger partial charge in [-0.05, 0) is 18.2 Å². The molecule has 19 heavy (non-hydrogen) atoms. The molecule has 1 aromatic carbocycles. The van der Waals surface area contributed by atoms with Crippen molar-refractivity contribution >= 4 is 5.91 Å². The molecule has 0 unspecified atom stereocenters. The zero-order valence-electron chi connectivity index (χ0n) is 10.1. The van der Waals surface area contributed by atoms with Crippen LogP contribution in [0, 0.1) is 11.6 Å². The normalized spacial score (nSPS) is 10.3. The molecular formula is C12H11F2N3O2. The van der Waals surface area contributed by atoms with E-state index >= 15 is 0 Å². The van der Waals surface area contributed by atoms with Crippen molar-refractivity contribution in [3.8, 4) is 5.75 Å². The van der Waals surface area contributed by atoms with Crippen molar-refractivity contribution in [2.75, 3.05) is 7.05 Å². The summed E-state index contributed by atoms with van der Waals surface area (Å²) >= 11 is 0. The van der Waals surface area contributed by atoms with Gasteiger partial charge in [-0.1, -0.05) is 0 Å². The lowest BCUT2D eigenvalue weighted by molar-refractivity contribution is 0.0956. The molecule has 1 heterocycles. The number of carbonyl (C=O) groups excluding carboxylic acids is 1. The highest BCUT2D eigenvalue weighted by Gasteiger charge is 2.08. The summed E-state index contributed by atoms with van der Waals surface area (Å²) in [6.07, 6.45) is 1.52. The van der Waals surface area contributed by atoms with Crippen LogP contribution in [0.25, 0.3) is 0 Å². The highest BCUT2D eigenvalue weighted by molar-refractivity contribution is 5.91. The van der Waals surface area contributed by atoms with Crippen LogP contribution in [0.15, 0.2) is 30.5 Å². The topological polar surface area (TPSA) is 56.2 Å². The Balaban J connectivity index is 2.02. The van der Waals surface area contributed by atoms with E-state index in [4.69, 9.17) is 4.74 Å². The van der Waals surface area contributed by atoms with Gasteiger partial charge in [-0.15, -0.1) is 0 Å². The van der Waals surface area contributed by atoms with E-state index in [0.717, 1.165) is 12.1 Å². The van der Waals surface area contributed by atoms with Crippen LogP contribution in [0.2, 0.25) is 0 Å². The van der Waals surface area contributed by atoms with E-state index in [1.165, 1.54) is 30.1 Å². The molecule has 0 aliphatic rings. The third-order valence-electron chi connectivity index (χ3n) is 2.35. The Morgan fingerprint density at radius 2 is 2.21 bits per heavy atom. The van der Waals surface area contributed by atoms with E-state index in [2.05, 4.69) is 10.4 Å². The molecule has 5 nitrogen and oxygen atoms in total. The number of amides is 1. The SMILES string of the molecule is CNC(=O)c1ccn(COc2ccc(F)cc2F)n1. The van der Waals surface area contributed by atoms with Crippen LogP contribution in [0.4, 0.5) is 8.78 Å². The molecule has 0 spiro atoms. The Morgan fingerprint density at radius 1 is 1.42 bits per heavy atom. The van der Waals surface area contributed by atoms with Crippen LogP contribution in [-0.2, 0) is 6.73 Å². The van der Waals surface area contributed by atoms with Gasteiger partial charge in [0.15, 0.2) is 18.3 Å². The van der Waals surface area contributed by atoms with Crippen molar-refractivity contribution in [3.63, 3.8) is 0 Å². The fourth-order valence-corrected chi connectivity index (χ4v) is 1.41. The predicted octanol–water partition coefficient (Wildman–Crippen LogP) is 1.56. The largest absolute Gasteiger partial charge is 0.468 e. The number of carbonyl (C=O) groups is 1. The predicted molar refractivity (Wildman–Crippen MR) is 62.6 cm³/mol. The molecule has 7 heteroatoms. The molecule has 0 atom stereocenters. The van der Waals surface area contributed by atoms with Crippen LogP contribution < -0.4 is 10.1 Å². The van der Waals surface area contributed by atoms with Gasteiger partial charge in [0.1, 0.15) is 11.5 Å². The van der Waals surface area contributed by atoms with Crippen molar-refractivity contribution in [1.29, 1.82) is 0 Å². The fourth-order valence-electron chi connectivity index (χ4n) is 1.41. The van der Waals surface area contributed by atoms with Gasteiger partial charge in [-0.3, -0.25) is 4.79 Å². The molecule has 2 aromatic rings. The number of rotatable bonds is 4. The quantitative estimate of drug-likeness (QED) is 0.914. The van der Waals surface area contributed by atoms with Crippen molar-refractivity contribution < 1.29 is 18.3 Å². The molecule has 0 aliphatic heterocycles. The Hall–Kier alpha value is -2.44. The monoisotopic (exact) mass is 267 g/mol. The summed E-state index contributed by atoms with van der Waals surface area (Å²) < 4.78 is 32.4. The molecule has 0 saturated heterocycles. The number of hydrogen-bond acceptors (Lipinski definition) is 3. The van der Waals surface area contributed by atoms with Gasteiger partial charge in [0.2, 0.25) is 0 Å². The second-order valence-corrected chi connectivity index (χ2v) is 3.67. The third-order valence-corrected chi connectivity index (χ3v) is 2.35. The first kappa shape index (κ1) is 13.0. The zero-order chi connectivity index (χ0) is 13.8. The molecule has 1 amide bonds. The summed E-state index contributed by atoms with van der Waals surface area (Å²) in [7, 11) is 1.49. The maximum atomic E-state index is 13.3. The number of hydrogen-bond donors (Lipinski definition) is 1. The summed E-state index contributed by atoms with van der Waals surface area (Å²) in [6.45, 7) is -0.0838. The minimum absolute atomic E-state index is 0.0838. The summed E-state index contributed by atoms with van der Waals surface area (Å²) in [4.78, 5) is 11.3. The van der Waals surface area contributed by atoms with Gasteiger partial charge in [0.25, 0.3) is 5.91 Å². The fraction of sp³-hybridized carbons (Fsp3) is 0.167. The summed E-state index contributed by atoms with van der Waals surface area (Å²) in [5, 5.41) is 6.35. The molecule has 0 fully saturated rings. The van der Waals surface area contributed by atoms with Crippen LogP contribution >= 0.6 is 0 Å². The van der Waals surface area contributed by atoms with Crippen molar-refractivity contribution in [2.45, 2.75) is 6.73 Å². The minimum Gasteiger partial charge on any atom is -0.468 e. The molecule has 2 rings (SSSR count). The van der Waals surface area contributed by atoms with E-state index < -0.39 is 11.6 Å². The first-order chi connectivity index (χ1) is 9.10. The van der Waals surface area contributed by atoms with Crippen LogP contribution in [-0.4, -0.2) is 22.7 Å². The summed E-state index contributed by atoms with van der Waals surface area (Å²) in [5.41, 5.74) is 0.227. The number of aromatic nitrogens is 2. The smallest absolute Gasteiger partial charge is 0.271 e. The van der Waals surface area contributed by atoms with E-state index in [1.807, 2.05) is 0 Å². The highest BCUT2D eigenvalue weighted by Crippen LogP contribution is 2.17. The Labute approximate surface area is 107 Å². The molecule has 0 bridgehead atoms. The second-order valence-electron chi connectivity index (χ2n) is 3.67. The van der Waals surface area contributed by atoms with Gasteiger partial charge in [-0.2, -0.15) is 5.10 Å². The number of nitrogens with one attached hydrogen (secondary N) is 1. The second kappa shape index (κ2) is 5.47. The lowest BCUT2D eigenvalue weighted by Gasteiger charge is -2.06. The molecule has 0 aliphatic carbocycles. The van der Waals surface area contributed by atoms with Crippen LogP contribution in [0.1, 0.15) is 10.5 Å². The molecule has 100 valence electrons. The maximum absolute atomic E-state index is 13.3. The van der Waals surface area contributed by atoms with E-state index in [9.17, 15) is 13.6 Å². The number of ether oxygens (including phenoxy) is 1. The molecule has 1 N–H and O–H groups in total. The minimum atomic E-state index is -0.793. The zero-order valence-corrected chi connectivity index (χ0v) is 10.1.